The van der Waals surface area contributed by atoms with E-state index in [4.69, 9.17) is 9.84 Å². The molecule has 0 amide bonds. The van der Waals surface area contributed by atoms with Gasteiger partial charge in [0.25, 0.3) is 0 Å². The average molecular weight is 279 g/mol. The van der Waals surface area contributed by atoms with Gasteiger partial charge in [-0.25, -0.2) is 0 Å². The summed E-state index contributed by atoms with van der Waals surface area (Å²) in [5.74, 6) is 0.0865. The maximum Gasteiger partial charge on any atom is 0.304 e. The lowest BCUT2D eigenvalue weighted by molar-refractivity contribution is -0.138. The molecule has 2 atom stereocenters. The van der Waals surface area contributed by atoms with Crippen molar-refractivity contribution in [1.82, 2.24) is 4.90 Å². The first kappa shape index (κ1) is 16.5. The Balaban J connectivity index is 3.04. The van der Waals surface area contributed by atoms with Gasteiger partial charge in [-0.3, -0.25) is 9.69 Å². The Morgan fingerprint density at radius 3 is 2.55 bits per heavy atom. The van der Waals surface area contributed by atoms with Crippen molar-refractivity contribution in [3.8, 4) is 5.75 Å². The molecule has 0 bridgehead atoms. The third-order valence-electron chi connectivity index (χ3n) is 3.73. The smallest absolute Gasteiger partial charge is 0.304 e. The van der Waals surface area contributed by atoms with Gasteiger partial charge < -0.3 is 9.84 Å². The molecule has 4 nitrogen and oxygen atoms in total. The van der Waals surface area contributed by atoms with E-state index >= 15 is 0 Å². The average Bonchev–Trinajstić information content (AvgIpc) is 2.38. The predicted octanol–water partition coefficient (Wildman–Crippen LogP) is 3.25. The van der Waals surface area contributed by atoms with Crippen LogP contribution in [0.1, 0.15) is 44.4 Å². The Bertz CT molecular complexity index is 459. The Kier molecular flexibility index (Phi) is 6.02. The Morgan fingerprint density at radius 2 is 2.05 bits per heavy atom. The molecule has 2 unspecified atom stereocenters. The van der Waals surface area contributed by atoms with E-state index in [0.717, 1.165) is 17.9 Å². The van der Waals surface area contributed by atoms with E-state index in [-0.39, 0.29) is 18.5 Å². The highest BCUT2D eigenvalue weighted by Gasteiger charge is 2.24. The van der Waals surface area contributed by atoms with Crippen LogP contribution >= 0.6 is 0 Å². The van der Waals surface area contributed by atoms with E-state index in [1.165, 1.54) is 5.56 Å². The third kappa shape index (κ3) is 3.97. The van der Waals surface area contributed by atoms with Gasteiger partial charge in [0.2, 0.25) is 0 Å². The summed E-state index contributed by atoms with van der Waals surface area (Å²) in [6, 6.07) is 6.20. The third-order valence-corrected chi connectivity index (χ3v) is 3.73. The first-order valence-electron chi connectivity index (χ1n) is 7.02. The Labute approximate surface area is 121 Å². The second-order valence-electron chi connectivity index (χ2n) is 5.20. The first-order valence-corrected chi connectivity index (χ1v) is 7.02. The Morgan fingerprint density at radius 1 is 1.40 bits per heavy atom. The normalized spacial score (nSPS) is 14.1. The number of nitrogens with zero attached hydrogens (tertiary/aromatic N) is 1. The molecule has 0 aliphatic rings. The second-order valence-corrected chi connectivity index (χ2v) is 5.20. The molecule has 0 spiro atoms. The minimum atomic E-state index is -0.764. The van der Waals surface area contributed by atoms with Crippen LogP contribution in [0.3, 0.4) is 0 Å². The van der Waals surface area contributed by atoms with Gasteiger partial charge >= 0.3 is 5.97 Å². The number of hydrogen-bond acceptors (Lipinski definition) is 3. The van der Waals surface area contributed by atoms with E-state index in [1.54, 1.807) is 7.11 Å². The molecule has 20 heavy (non-hydrogen) atoms. The molecular formula is C16H25NO3. The lowest BCUT2D eigenvalue weighted by Crippen LogP contribution is -2.36. The number of methoxy groups -OCH3 is 1. The maximum atomic E-state index is 10.9. The zero-order valence-corrected chi connectivity index (χ0v) is 13.0. The highest BCUT2D eigenvalue weighted by Crippen LogP contribution is 2.31. The summed E-state index contributed by atoms with van der Waals surface area (Å²) >= 11 is 0. The zero-order valence-electron chi connectivity index (χ0n) is 13.0. The van der Waals surface area contributed by atoms with E-state index < -0.39 is 5.97 Å². The molecule has 0 heterocycles. The van der Waals surface area contributed by atoms with Crippen LogP contribution in [0.4, 0.5) is 0 Å². The summed E-state index contributed by atoms with van der Waals surface area (Å²) in [4.78, 5) is 13.1. The van der Waals surface area contributed by atoms with Crippen molar-refractivity contribution in [2.75, 3.05) is 13.7 Å². The van der Waals surface area contributed by atoms with E-state index in [1.807, 2.05) is 26.0 Å². The lowest BCUT2D eigenvalue weighted by Gasteiger charge is -2.34. The van der Waals surface area contributed by atoms with Crippen molar-refractivity contribution in [3.05, 3.63) is 29.3 Å². The quantitative estimate of drug-likeness (QED) is 0.832. The molecule has 0 aliphatic carbocycles. The molecule has 0 aliphatic heterocycles. The van der Waals surface area contributed by atoms with Crippen LogP contribution < -0.4 is 4.74 Å². The number of aliphatic carboxylic acids is 1. The number of hydrogen-bond donors (Lipinski definition) is 1. The van der Waals surface area contributed by atoms with Gasteiger partial charge in [-0.1, -0.05) is 24.6 Å². The van der Waals surface area contributed by atoms with Crippen molar-refractivity contribution in [2.45, 2.75) is 46.2 Å². The highest BCUT2D eigenvalue weighted by atomic mass is 16.5. The largest absolute Gasteiger partial charge is 0.496 e. The molecule has 0 saturated heterocycles. The van der Waals surface area contributed by atoms with Gasteiger partial charge in [0.05, 0.1) is 13.5 Å². The zero-order chi connectivity index (χ0) is 15.3. The molecule has 0 radical (unpaired) electrons. The van der Waals surface area contributed by atoms with Gasteiger partial charge in [-0.15, -0.1) is 0 Å². The monoisotopic (exact) mass is 279 g/mol. The summed E-state index contributed by atoms with van der Waals surface area (Å²) in [5.41, 5.74) is 2.28. The van der Waals surface area contributed by atoms with Crippen molar-refractivity contribution >= 4 is 5.97 Å². The number of carboxylic acid groups (broad SMARTS) is 1. The van der Waals surface area contributed by atoms with Crippen LogP contribution in [0, 0.1) is 6.92 Å². The van der Waals surface area contributed by atoms with Crippen LogP contribution in [0.2, 0.25) is 0 Å². The standard InChI is InChI=1S/C16H25NO3/c1-6-17(12(3)10-16(18)19)13(4)14-9-11(2)7-8-15(14)20-5/h7-9,12-13H,6,10H2,1-5H3,(H,18,19). The molecule has 1 N–H and O–H groups in total. The summed E-state index contributed by atoms with van der Waals surface area (Å²) in [5, 5.41) is 8.97. The fraction of sp³-hybridized carbons (Fsp3) is 0.562. The van der Waals surface area contributed by atoms with Gasteiger partial charge in [-0.2, -0.15) is 0 Å². The van der Waals surface area contributed by atoms with E-state index in [9.17, 15) is 4.79 Å². The number of rotatable bonds is 7. The number of benzene rings is 1. The SMILES string of the molecule is CCN(C(C)CC(=O)O)C(C)c1cc(C)ccc1OC. The van der Waals surface area contributed by atoms with Crippen molar-refractivity contribution in [1.29, 1.82) is 0 Å². The molecule has 112 valence electrons. The van der Waals surface area contributed by atoms with Gasteiger partial charge in [0, 0.05) is 17.6 Å². The first-order chi connectivity index (χ1) is 9.40. The van der Waals surface area contributed by atoms with Crippen LogP contribution in [0.25, 0.3) is 0 Å². The van der Waals surface area contributed by atoms with Gasteiger partial charge in [0.1, 0.15) is 5.75 Å². The van der Waals surface area contributed by atoms with Gasteiger partial charge in [-0.05, 0) is 33.4 Å². The summed E-state index contributed by atoms with van der Waals surface area (Å²) in [7, 11) is 1.66. The van der Waals surface area contributed by atoms with Gasteiger partial charge in [0.15, 0.2) is 0 Å². The minimum Gasteiger partial charge on any atom is -0.496 e. The predicted molar refractivity (Wildman–Crippen MR) is 80.2 cm³/mol. The van der Waals surface area contributed by atoms with Crippen molar-refractivity contribution in [3.63, 3.8) is 0 Å². The van der Waals surface area contributed by atoms with Crippen LogP contribution in [0.5, 0.6) is 5.75 Å². The Hall–Kier alpha value is -1.55. The minimum absolute atomic E-state index is 0.0160. The fourth-order valence-electron chi connectivity index (χ4n) is 2.70. The number of ether oxygens (including phenoxy) is 1. The van der Waals surface area contributed by atoms with Crippen molar-refractivity contribution < 1.29 is 14.6 Å². The number of carboxylic acids is 1. The number of carbonyl (C=O) groups is 1. The summed E-state index contributed by atoms with van der Waals surface area (Å²) < 4.78 is 5.43. The number of aryl methyl sites for hydroxylation is 1. The molecule has 1 aromatic rings. The topological polar surface area (TPSA) is 49.8 Å². The highest BCUT2D eigenvalue weighted by molar-refractivity contribution is 5.67. The van der Waals surface area contributed by atoms with Crippen LogP contribution in [-0.2, 0) is 4.79 Å². The van der Waals surface area contributed by atoms with Crippen LogP contribution in [0.15, 0.2) is 18.2 Å². The fourth-order valence-corrected chi connectivity index (χ4v) is 2.70. The molecular weight excluding hydrogens is 254 g/mol. The lowest BCUT2D eigenvalue weighted by atomic mass is 10.0. The second kappa shape index (κ2) is 7.29. The molecule has 0 fully saturated rings. The molecule has 0 saturated carbocycles. The molecule has 1 aromatic carbocycles. The summed E-state index contributed by atoms with van der Waals surface area (Å²) in [6.45, 7) is 8.95. The summed E-state index contributed by atoms with van der Waals surface area (Å²) in [6.07, 6.45) is 0.145. The van der Waals surface area contributed by atoms with E-state index in [2.05, 4.69) is 24.8 Å². The molecule has 1 rings (SSSR count). The molecule has 0 aromatic heterocycles. The molecule has 4 heteroatoms. The maximum absolute atomic E-state index is 10.9. The van der Waals surface area contributed by atoms with Crippen molar-refractivity contribution in [2.24, 2.45) is 0 Å². The van der Waals surface area contributed by atoms with Crippen LogP contribution in [-0.4, -0.2) is 35.7 Å². The van der Waals surface area contributed by atoms with E-state index in [0.29, 0.717) is 0 Å².